The summed E-state index contributed by atoms with van der Waals surface area (Å²) in [5.41, 5.74) is 0.442. The van der Waals surface area contributed by atoms with E-state index in [0.29, 0.717) is 43.2 Å². The Hall–Kier alpha value is -2.28. The Bertz CT molecular complexity index is 538. The normalized spacial score (nSPS) is 10.2. The molecule has 0 bridgehead atoms. The molecular weight excluding hydrogens is 326 g/mol. The third kappa shape index (κ3) is 7.01. The highest BCUT2D eigenvalue weighted by molar-refractivity contribution is 5.95. The molecule has 0 saturated carbocycles. The van der Waals surface area contributed by atoms with E-state index in [9.17, 15) is 9.59 Å². The van der Waals surface area contributed by atoms with E-state index in [-0.39, 0.29) is 24.8 Å². The molecule has 1 aromatic rings. The van der Waals surface area contributed by atoms with Crippen molar-refractivity contribution in [3.8, 4) is 11.5 Å². The average molecular weight is 353 g/mol. The number of hydrogen-bond donors (Lipinski definition) is 0. The van der Waals surface area contributed by atoms with E-state index in [1.165, 1.54) is 21.3 Å². The fourth-order valence-corrected chi connectivity index (χ4v) is 2.26. The number of rotatable bonds is 11. The second-order valence-corrected chi connectivity index (χ2v) is 5.27. The minimum atomic E-state index is -0.356. The Labute approximate surface area is 148 Å². The fourth-order valence-electron chi connectivity index (χ4n) is 2.26. The van der Waals surface area contributed by atoms with Crippen LogP contribution < -0.4 is 9.47 Å². The highest BCUT2D eigenvalue weighted by atomic mass is 16.5. The number of nitrogens with zero attached hydrogens (tertiary/aromatic N) is 1. The summed E-state index contributed by atoms with van der Waals surface area (Å²) in [7, 11) is 4.39. The zero-order chi connectivity index (χ0) is 18.7. The second-order valence-electron chi connectivity index (χ2n) is 5.27. The van der Waals surface area contributed by atoms with Gasteiger partial charge in [-0.1, -0.05) is 0 Å². The Balaban J connectivity index is 2.90. The van der Waals surface area contributed by atoms with Gasteiger partial charge in [-0.15, -0.1) is 0 Å². The van der Waals surface area contributed by atoms with Crippen LogP contribution >= 0.6 is 0 Å². The predicted molar refractivity (Wildman–Crippen MR) is 93.2 cm³/mol. The van der Waals surface area contributed by atoms with Gasteiger partial charge in [-0.3, -0.25) is 9.59 Å². The van der Waals surface area contributed by atoms with Crippen LogP contribution in [0.25, 0.3) is 0 Å². The molecule has 1 amide bonds. The van der Waals surface area contributed by atoms with E-state index in [1.807, 2.05) is 6.92 Å². The zero-order valence-electron chi connectivity index (χ0n) is 15.4. The van der Waals surface area contributed by atoms with Crippen molar-refractivity contribution in [2.24, 2.45) is 0 Å². The number of ether oxygens (including phenoxy) is 4. The molecule has 1 rings (SSSR count). The summed E-state index contributed by atoms with van der Waals surface area (Å²) in [4.78, 5) is 25.9. The summed E-state index contributed by atoms with van der Waals surface area (Å²) >= 11 is 0. The van der Waals surface area contributed by atoms with Crippen LogP contribution in [0.1, 0.15) is 30.1 Å². The highest BCUT2D eigenvalue weighted by Crippen LogP contribution is 2.23. The van der Waals surface area contributed by atoms with E-state index < -0.39 is 0 Å². The van der Waals surface area contributed by atoms with Crippen molar-refractivity contribution in [2.75, 3.05) is 47.6 Å². The summed E-state index contributed by atoms with van der Waals surface area (Å²) in [5.74, 6) is 0.512. The fraction of sp³-hybridized carbons (Fsp3) is 0.556. The zero-order valence-corrected chi connectivity index (χ0v) is 15.4. The lowest BCUT2D eigenvalue weighted by molar-refractivity contribution is -0.140. The van der Waals surface area contributed by atoms with Gasteiger partial charge in [-0.05, 0) is 25.5 Å². The topological polar surface area (TPSA) is 74.3 Å². The summed E-state index contributed by atoms with van der Waals surface area (Å²) in [5, 5.41) is 0. The minimum absolute atomic E-state index is 0.137. The van der Waals surface area contributed by atoms with Crippen LogP contribution in [0.4, 0.5) is 0 Å². The summed E-state index contributed by atoms with van der Waals surface area (Å²) < 4.78 is 20.4. The molecule has 0 saturated heterocycles. The monoisotopic (exact) mass is 353 g/mol. The highest BCUT2D eigenvalue weighted by Gasteiger charge is 2.18. The summed E-state index contributed by atoms with van der Waals surface area (Å²) in [6.45, 7) is 3.86. The lowest BCUT2D eigenvalue weighted by atomic mass is 10.1. The molecule has 0 N–H and O–H groups in total. The molecule has 0 aromatic heterocycles. The van der Waals surface area contributed by atoms with Crippen molar-refractivity contribution in [3.05, 3.63) is 23.8 Å². The van der Waals surface area contributed by atoms with Crippen LogP contribution in [0.2, 0.25) is 0 Å². The van der Waals surface area contributed by atoms with E-state index in [2.05, 4.69) is 4.74 Å². The average Bonchev–Trinajstić information content (AvgIpc) is 2.65. The minimum Gasteiger partial charge on any atom is -0.497 e. The standard InChI is InChI=1S/C18H27NO6/c1-5-25-10-6-8-19(9-7-17(20)24-4)18(21)14-11-15(22-2)13-16(12-14)23-3/h11-13H,5-10H2,1-4H3. The van der Waals surface area contributed by atoms with Gasteiger partial charge in [0.05, 0.1) is 27.8 Å². The van der Waals surface area contributed by atoms with E-state index in [0.717, 1.165) is 0 Å². The van der Waals surface area contributed by atoms with Crippen LogP contribution in [0, 0.1) is 0 Å². The van der Waals surface area contributed by atoms with Gasteiger partial charge in [0.1, 0.15) is 11.5 Å². The molecule has 0 aliphatic carbocycles. The number of carbonyl (C=O) groups excluding carboxylic acids is 2. The maximum atomic E-state index is 12.9. The van der Waals surface area contributed by atoms with Crippen LogP contribution in [0.15, 0.2) is 18.2 Å². The maximum Gasteiger partial charge on any atom is 0.307 e. The maximum absolute atomic E-state index is 12.9. The van der Waals surface area contributed by atoms with Gasteiger partial charge in [0.25, 0.3) is 5.91 Å². The smallest absolute Gasteiger partial charge is 0.307 e. The van der Waals surface area contributed by atoms with Crippen molar-refractivity contribution >= 4 is 11.9 Å². The van der Waals surface area contributed by atoms with Gasteiger partial charge in [0, 0.05) is 37.9 Å². The van der Waals surface area contributed by atoms with E-state index >= 15 is 0 Å². The molecule has 0 aliphatic rings. The number of amides is 1. The first kappa shape index (κ1) is 20.8. The Morgan fingerprint density at radius 1 is 1.00 bits per heavy atom. The third-order valence-electron chi connectivity index (χ3n) is 3.62. The van der Waals surface area contributed by atoms with Crippen molar-refractivity contribution in [3.63, 3.8) is 0 Å². The molecule has 7 heteroatoms. The molecule has 0 unspecified atom stereocenters. The van der Waals surface area contributed by atoms with Gasteiger partial charge in [0.15, 0.2) is 0 Å². The molecule has 140 valence electrons. The SMILES string of the molecule is CCOCCCN(CCC(=O)OC)C(=O)c1cc(OC)cc(OC)c1. The second kappa shape index (κ2) is 11.3. The number of esters is 1. The van der Waals surface area contributed by atoms with Gasteiger partial charge in [-0.2, -0.15) is 0 Å². The molecule has 0 radical (unpaired) electrons. The third-order valence-corrected chi connectivity index (χ3v) is 3.62. The van der Waals surface area contributed by atoms with E-state index in [1.54, 1.807) is 23.1 Å². The largest absolute Gasteiger partial charge is 0.497 e. The number of methoxy groups -OCH3 is 3. The van der Waals surface area contributed by atoms with Crippen molar-refractivity contribution in [2.45, 2.75) is 19.8 Å². The quantitative estimate of drug-likeness (QED) is 0.448. The van der Waals surface area contributed by atoms with Crippen LogP contribution in [-0.2, 0) is 14.3 Å². The van der Waals surface area contributed by atoms with Gasteiger partial charge in [-0.25, -0.2) is 0 Å². The molecule has 0 heterocycles. The lowest BCUT2D eigenvalue weighted by Crippen LogP contribution is -2.34. The number of hydrogen-bond acceptors (Lipinski definition) is 6. The first-order valence-electron chi connectivity index (χ1n) is 8.22. The van der Waals surface area contributed by atoms with Crippen molar-refractivity contribution in [1.82, 2.24) is 4.90 Å². The Kier molecular flexibility index (Phi) is 9.39. The summed E-state index contributed by atoms with van der Waals surface area (Å²) in [6.07, 6.45) is 0.819. The number of benzene rings is 1. The summed E-state index contributed by atoms with van der Waals surface area (Å²) in [6, 6.07) is 5.00. The van der Waals surface area contributed by atoms with Gasteiger partial charge >= 0.3 is 5.97 Å². The first-order valence-corrected chi connectivity index (χ1v) is 8.22. The molecular formula is C18H27NO6. The van der Waals surface area contributed by atoms with Crippen LogP contribution in [-0.4, -0.2) is 64.4 Å². The first-order chi connectivity index (χ1) is 12.0. The van der Waals surface area contributed by atoms with Crippen molar-refractivity contribution in [1.29, 1.82) is 0 Å². The van der Waals surface area contributed by atoms with Crippen LogP contribution in [0.3, 0.4) is 0 Å². The van der Waals surface area contributed by atoms with Gasteiger partial charge in [0.2, 0.25) is 0 Å². The molecule has 0 aliphatic heterocycles. The molecule has 0 fully saturated rings. The Morgan fingerprint density at radius 3 is 2.16 bits per heavy atom. The lowest BCUT2D eigenvalue weighted by Gasteiger charge is -2.23. The van der Waals surface area contributed by atoms with Crippen molar-refractivity contribution < 1.29 is 28.5 Å². The Morgan fingerprint density at radius 2 is 1.64 bits per heavy atom. The molecule has 0 spiro atoms. The number of carbonyl (C=O) groups is 2. The molecule has 7 nitrogen and oxygen atoms in total. The van der Waals surface area contributed by atoms with Crippen LogP contribution in [0.5, 0.6) is 11.5 Å². The predicted octanol–water partition coefficient (Wildman–Crippen LogP) is 2.14. The molecule has 1 aromatic carbocycles. The van der Waals surface area contributed by atoms with E-state index in [4.69, 9.17) is 14.2 Å². The van der Waals surface area contributed by atoms with Gasteiger partial charge < -0.3 is 23.8 Å². The molecule has 0 atom stereocenters. The molecule has 25 heavy (non-hydrogen) atoms.